The predicted octanol–water partition coefficient (Wildman–Crippen LogP) is 3.43. The quantitative estimate of drug-likeness (QED) is 0.804. The summed E-state index contributed by atoms with van der Waals surface area (Å²) in [7, 11) is 1.62. The van der Waals surface area contributed by atoms with Crippen LogP contribution in [-0.2, 0) is 5.54 Å². The molecule has 0 unspecified atom stereocenters. The van der Waals surface area contributed by atoms with E-state index in [0.29, 0.717) is 11.3 Å². The topological polar surface area (TPSA) is 44.1 Å². The Balaban J connectivity index is 2.66. The Labute approximate surface area is 119 Å². The smallest absolute Gasteiger partial charge is 0.153 e. The minimum atomic E-state index is -0.174. The first-order chi connectivity index (χ1) is 9.36. The van der Waals surface area contributed by atoms with Crippen LogP contribution < -0.4 is 4.74 Å². The van der Waals surface area contributed by atoms with E-state index in [1.54, 1.807) is 13.3 Å². The normalized spacial score (nSPS) is 11.4. The van der Waals surface area contributed by atoms with E-state index in [1.807, 2.05) is 50.6 Å². The van der Waals surface area contributed by atoms with Gasteiger partial charge >= 0.3 is 0 Å². The molecule has 0 atom stereocenters. The summed E-state index contributed by atoms with van der Waals surface area (Å²) in [5.74, 6) is 0.720. The van der Waals surface area contributed by atoms with Crippen LogP contribution in [0.25, 0.3) is 11.3 Å². The van der Waals surface area contributed by atoms with Crippen molar-refractivity contribution in [2.45, 2.75) is 33.2 Å². The van der Waals surface area contributed by atoms with E-state index in [4.69, 9.17) is 4.74 Å². The second kappa shape index (κ2) is 5.12. The molecule has 1 heterocycles. The van der Waals surface area contributed by atoms with Crippen molar-refractivity contribution in [2.24, 2.45) is 0 Å². The number of carbonyl (C=O) groups is 1. The first-order valence-electron chi connectivity index (χ1n) is 6.57. The molecule has 4 heteroatoms. The molecule has 0 aliphatic heterocycles. The van der Waals surface area contributed by atoms with Crippen molar-refractivity contribution in [3.05, 3.63) is 35.5 Å². The fourth-order valence-electron chi connectivity index (χ4n) is 2.03. The first kappa shape index (κ1) is 14.3. The van der Waals surface area contributed by atoms with Gasteiger partial charge in [0.05, 0.1) is 18.2 Å². The molecule has 0 saturated heterocycles. The fourth-order valence-corrected chi connectivity index (χ4v) is 2.03. The lowest BCUT2D eigenvalue weighted by atomic mass is 10.0. The maximum Gasteiger partial charge on any atom is 0.153 e. The van der Waals surface area contributed by atoms with Gasteiger partial charge < -0.3 is 4.74 Å². The van der Waals surface area contributed by atoms with E-state index in [9.17, 15) is 4.79 Å². The maximum atomic E-state index is 11.3. The number of rotatable bonds is 3. The molecule has 4 nitrogen and oxygen atoms in total. The molecule has 2 aromatic rings. The number of aryl methyl sites for hydroxylation is 1. The Kier molecular flexibility index (Phi) is 3.66. The molecule has 1 aromatic carbocycles. The minimum Gasteiger partial charge on any atom is -0.496 e. The number of benzene rings is 1. The second-order valence-corrected chi connectivity index (χ2v) is 5.87. The summed E-state index contributed by atoms with van der Waals surface area (Å²) in [6, 6.07) is 5.86. The van der Waals surface area contributed by atoms with Gasteiger partial charge in [-0.3, -0.25) is 9.48 Å². The van der Waals surface area contributed by atoms with Crippen molar-refractivity contribution in [3.63, 3.8) is 0 Å². The summed E-state index contributed by atoms with van der Waals surface area (Å²) in [6.07, 6.45) is 2.62. The maximum absolute atomic E-state index is 11.3. The highest BCUT2D eigenvalue weighted by Gasteiger charge is 2.20. The van der Waals surface area contributed by atoms with Crippen LogP contribution in [0.4, 0.5) is 0 Å². The van der Waals surface area contributed by atoms with Gasteiger partial charge in [0.1, 0.15) is 11.4 Å². The first-order valence-corrected chi connectivity index (χ1v) is 6.57. The molecule has 0 bridgehead atoms. The molecule has 2 rings (SSSR count). The van der Waals surface area contributed by atoms with Gasteiger partial charge in [-0.15, -0.1) is 0 Å². The van der Waals surface area contributed by atoms with Gasteiger partial charge in [0.2, 0.25) is 0 Å². The Morgan fingerprint density at radius 2 is 2.00 bits per heavy atom. The van der Waals surface area contributed by atoms with Crippen molar-refractivity contribution in [3.8, 4) is 17.0 Å². The number of nitrogens with zero attached hydrogens (tertiary/aromatic N) is 2. The number of aromatic nitrogens is 2. The van der Waals surface area contributed by atoms with E-state index in [-0.39, 0.29) is 5.54 Å². The third-order valence-corrected chi connectivity index (χ3v) is 3.17. The van der Waals surface area contributed by atoms with Crippen LogP contribution in [0, 0.1) is 6.92 Å². The van der Waals surface area contributed by atoms with Gasteiger partial charge in [-0.1, -0.05) is 11.6 Å². The SMILES string of the molecule is COc1ccc(C)cc1-c1nn(C(C)(C)C)cc1C=O. The highest BCUT2D eigenvalue weighted by molar-refractivity contribution is 5.87. The van der Waals surface area contributed by atoms with Crippen LogP contribution >= 0.6 is 0 Å². The molecule has 0 radical (unpaired) electrons. The van der Waals surface area contributed by atoms with Crippen molar-refractivity contribution in [1.29, 1.82) is 0 Å². The van der Waals surface area contributed by atoms with Crippen molar-refractivity contribution < 1.29 is 9.53 Å². The van der Waals surface area contributed by atoms with Crippen molar-refractivity contribution in [2.75, 3.05) is 7.11 Å². The third-order valence-electron chi connectivity index (χ3n) is 3.17. The van der Waals surface area contributed by atoms with Crippen LogP contribution in [0.3, 0.4) is 0 Å². The predicted molar refractivity (Wildman–Crippen MR) is 79.3 cm³/mol. The van der Waals surface area contributed by atoms with E-state index in [0.717, 1.165) is 23.2 Å². The molecule has 0 saturated carbocycles. The summed E-state index contributed by atoms with van der Waals surface area (Å²) in [5.41, 5.74) is 3.01. The minimum absolute atomic E-state index is 0.174. The highest BCUT2D eigenvalue weighted by atomic mass is 16.5. The number of hydrogen-bond donors (Lipinski definition) is 0. The third kappa shape index (κ3) is 2.59. The second-order valence-electron chi connectivity index (χ2n) is 5.87. The molecular weight excluding hydrogens is 252 g/mol. The summed E-state index contributed by atoms with van der Waals surface area (Å²) in [6.45, 7) is 8.15. The van der Waals surface area contributed by atoms with Gasteiger partial charge in [-0.05, 0) is 39.8 Å². The van der Waals surface area contributed by atoms with E-state index in [2.05, 4.69) is 5.10 Å². The van der Waals surface area contributed by atoms with E-state index in [1.165, 1.54) is 0 Å². The van der Waals surface area contributed by atoms with Gasteiger partial charge in [0.15, 0.2) is 6.29 Å². The molecule has 0 N–H and O–H groups in total. The summed E-state index contributed by atoms with van der Waals surface area (Å²) in [5, 5.41) is 4.58. The number of aldehydes is 1. The Morgan fingerprint density at radius 3 is 2.55 bits per heavy atom. The largest absolute Gasteiger partial charge is 0.496 e. The molecule has 1 aromatic heterocycles. The Hall–Kier alpha value is -2.10. The lowest BCUT2D eigenvalue weighted by Gasteiger charge is -2.18. The zero-order valence-electron chi connectivity index (χ0n) is 12.6. The molecule has 20 heavy (non-hydrogen) atoms. The molecule has 0 amide bonds. The zero-order valence-corrected chi connectivity index (χ0v) is 12.6. The lowest BCUT2D eigenvalue weighted by Crippen LogP contribution is -2.22. The average Bonchev–Trinajstić information content (AvgIpc) is 2.82. The number of methoxy groups -OCH3 is 1. The van der Waals surface area contributed by atoms with Crippen molar-refractivity contribution >= 4 is 6.29 Å². The zero-order chi connectivity index (χ0) is 14.9. The lowest BCUT2D eigenvalue weighted by molar-refractivity contribution is 0.112. The molecule has 0 aliphatic carbocycles. The van der Waals surface area contributed by atoms with Crippen LogP contribution in [0.5, 0.6) is 5.75 Å². The van der Waals surface area contributed by atoms with Crippen LogP contribution in [0.15, 0.2) is 24.4 Å². The molecule has 106 valence electrons. The fraction of sp³-hybridized carbons (Fsp3) is 0.375. The van der Waals surface area contributed by atoms with Crippen molar-refractivity contribution in [1.82, 2.24) is 9.78 Å². The number of ether oxygens (including phenoxy) is 1. The molecule has 0 spiro atoms. The van der Waals surface area contributed by atoms with Gasteiger partial charge in [-0.2, -0.15) is 5.10 Å². The Bertz CT molecular complexity index is 636. The van der Waals surface area contributed by atoms with Crippen LogP contribution in [0.2, 0.25) is 0 Å². The van der Waals surface area contributed by atoms with Gasteiger partial charge in [0, 0.05) is 11.8 Å². The highest BCUT2D eigenvalue weighted by Crippen LogP contribution is 2.32. The van der Waals surface area contributed by atoms with E-state index < -0.39 is 0 Å². The Morgan fingerprint density at radius 1 is 1.30 bits per heavy atom. The number of hydrogen-bond acceptors (Lipinski definition) is 3. The van der Waals surface area contributed by atoms with E-state index >= 15 is 0 Å². The standard InChI is InChI=1S/C16H20N2O2/c1-11-6-7-14(20-5)13(8-11)15-12(10-19)9-18(17-15)16(2,3)4/h6-10H,1-5H3. The van der Waals surface area contributed by atoms with Gasteiger partial charge in [-0.25, -0.2) is 0 Å². The van der Waals surface area contributed by atoms with Crippen LogP contribution in [-0.4, -0.2) is 23.2 Å². The molecule has 0 fully saturated rings. The average molecular weight is 272 g/mol. The van der Waals surface area contributed by atoms with Crippen LogP contribution in [0.1, 0.15) is 36.7 Å². The summed E-state index contributed by atoms with van der Waals surface area (Å²) >= 11 is 0. The molecule has 0 aliphatic rings. The van der Waals surface area contributed by atoms with Gasteiger partial charge in [0.25, 0.3) is 0 Å². The monoisotopic (exact) mass is 272 g/mol. The molecular formula is C16H20N2O2. The summed E-state index contributed by atoms with van der Waals surface area (Å²) in [4.78, 5) is 11.3. The number of carbonyl (C=O) groups excluding carboxylic acids is 1. The summed E-state index contributed by atoms with van der Waals surface area (Å²) < 4.78 is 7.20.